The van der Waals surface area contributed by atoms with Crippen LogP contribution in [0.2, 0.25) is 0 Å². The summed E-state index contributed by atoms with van der Waals surface area (Å²) in [5.74, 6) is -8.63. The maximum Gasteiger partial charge on any atom is 0.251 e. The summed E-state index contributed by atoms with van der Waals surface area (Å²) >= 11 is 1.34. The molecule has 4 fully saturated rings. The molecule has 7 amide bonds. The number of carbonyl (C=O) groups excluding carboxylic acids is 7. The second kappa shape index (κ2) is 31.3. The number of nitrogens with one attached hydrogen (secondary N) is 5. The number of hydrogen-bond donors (Lipinski definition) is 14. The molecule has 92 heavy (non-hydrogen) atoms. The Balaban J connectivity index is 0.948. The van der Waals surface area contributed by atoms with E-state index in [-0.39, 0.29) is 67.5 Å². The zero-order valence-electron chi connectivity index (χ0n) is 51.3. The number of aliphatic hydroxyl groups excluding tert-OH is 6. The third-order valence-electron chi connectivity index (χ3n) is 17.4. The minimum atomic E-state index is -2.04. The van der Waals surface area contributed by atoms with Gasteiger partial charge in [-0.25, -0.2) is 0 Å². The average Bonchev–Trinajstić information content (AvgIpc) is 1.67. The van der Waals surface area contributed by atoms with Crippen molar-refractivity contribution in [1.82, 2.24) is 46.6 Å². The van der Waals surface area contributed by atoms with Gasteiger partial charge in [0.2, 0.25) is 35.4 Å². The lowest BCUT2D eigenvalue weighted by Gasteiger charge is -2.35. The largest absolute Gasteiger partial charge is 0.504 e. The van der Waals surface area contributed by atoms with E-state index in [1.807, 2.05) is 12.1 Å². The predicted octanol–water partition coefficient (Wildman–Crippen LogP) is -1.69. The number of nitrogens with zero attached hydrogens (tertiary/aromatic N) is 5. The first-order chi connectivity index (χ1) is 44.1. The highest BCUT2D eigenvalue weighted by Gasteiger charge is 2.50. The van der Waals surface area contributed by atoms with E-state index in [4.69, 9.17) is 20.9 Å². The van der Waals surface area contributed by atoms with Gasteiger partial charge in [-0.15, -0.1) is 10.2 Å². The number of rotatable bonds is 17. The number of allylic oxidation sites excluding steroid dienone is 1. The number of piperidine rings is 1. The summed E-state index contributed by atoms with van der Waals surface area (Å²) < 4.78 is 11.9. The summed E-state index contributed by atoms with van der Waals surface area (Å²) in [7, 11) is 0. The van der Waals surface area contributed by atoms with Crippen molar-refractivity contribution in [1.29, 1.82) is 0 Å². The van der Waals surface area contributed by atoms with Crippen LogP contribution in [0.5, 0.6) is 11.5 Å². The lowest BCUT2D eigenvalue weighted by molar-refractivity contribution is -0.147. The monoisotopic (exact) mass is 1300 g/mol. The van der Waals surface area contributed by atoms with Crippen LogP contribution in [0.4, 0.5) is 5.69 Å². The smallest absolute Gasteiger partial charge is 0.251 e. The molecule has 0 bridgehead atoms. The number of amides is 7. The van der Waals surface area contributed by atoms with Gasteiger partial charge >= 0.3 is 0 Å². The van der Waals surface area contributed by atoms with E-state index in [9.17, 15) is 69.3 Å². The van der Waals surface area contributed by atoms with Gasteiger partial charge in [0, 0.05) is 86.8 Å². The second-order valence-electron chi connectivity index (χ2n) is 24.3. The minimum absolute atomic E-state index is 0.00462. The fraction of sp³-hybridized carbons (Fsp3) is 0.540. The molecule has 1 unspecified atom stereocenters. The molecule has 3 aromatic carbocycles. The molecule has 5 heterocycles. The van der Waals surface area contributed by atoms with Crippen LogP contribution in [0.1, 0.15) is 81.1 Å². The van der Waals surface area contributed by atoms with Gasteiger partial charge in [0.25, 0.3) is 5.91 Å². The fourth-order valence-corrected chi connectivity index (χ4v) is 13.1. The number of aliphatic hydroxyl groups is 6. The molecule has 5 aliphatic rings. The van der Waals surface area contributed by atoms with Gasteiger partial charge in [0.15, 0.2) is 11.5 Å². The first-order valence-electron chi connectivity index (χ1n) is 31.3. The maximum atomic E-state index is 14.7. The van der Waals surface area contributed by atoms with E-state index in [1.165, 1.54) is 48.6 Å². The Morgan fingerprint density at radius 1 is 0.761 bits per heavy atom. The predicted molar refractivity (Wildman–Crippen MR) is 335 cm³/mol. The molecule has 4 aliphatic heterocycles. The number of anilines is 1. The van der Waals surface area contributed by atoms with Gasteiger partial charge in [0.05, 0.1) is 48.8 Å². The molecule has 9 rings (SSSR count). The number of ether oxygens (including phenoxy) is 2. The summed E-state index contributed by atoms with van der Waals surface area (Å²) in [6.07, 6.45) is -1.80. The Hall–Kier alpha value is -7.71. The molecule has 28 nitrogen and oxygen atoms in total. The first kappa shape index (κ1) is 68.7. The van der Waals surface area contributed by atoms with E-state index >= 15 is 0 Å². The third-order valence-corrected chi connectivity index (χ3v) is 18.4. The van der Waals surface area contributed by atoms with Gasteiger partial charge < -0.3 is 98.0 Å². The van der Waals surface area contributed by atoms with Crippen molar-refractivity contribution in [3.8, 4) is 32.6 Å². The molecule has 498 valence electrons. The Labute approximate surface area is 535 Å². The molecular weight excluding hydrogens is 1210 g/mol. The van der Waals surface area contributed by atoms with Crippen molar-refractivity contribution in [2.24, 2.45) is 17.4 Å². The number of phenolic OH excluding ortho intramolecular Hbond substituents is 1. The van der Waals surface area contributed by atoms with Gasteiger partial charge in [-0.2, -0.15) is 0 Å². The summed E-state index contributed by atoms with van der Waals surface area (Å²) in [4.78, 5) is 106. The number of carbonyl (C=O) groups is 7. The summed E-state index contributed by atoms with van der Waals surface area (Å²) in [5, 5.41) is 102. The number of aromatic hydroxyl groups is 1. The van der Waals surface area contributed by atoms with Gasteiger partial charge in [0.1, 0.15) is 52.9 Å². The number of phenols is 1. The molecule has 4 aromatic rings. The summed E-state index contributed by atoms with van der Waals surface area (Å²) in [6, 6.07) is 7.40. The second-order valence-corrected chi connectivity index (χ2v) is 25.2. The van der Waals surface area contributed by atoms with Gasteiger partial charge in [-0.1, -0.05) is 48.6 Å². The molecule has 1 aromatic heterocycles. The van der Waals surface area contributed by atoms with Crippen LogP contribution in [0.3, 0.4) is 0 Å². The molecule has 0 spiro atoms. The van der Waals surface area contributed by atoms with Crippen LogP contribution < -0.4 is 47.7 Å². The van der Waals surface area contributed by atoms with Crippen molar-refractivity contribution in [2.45, 2.75) is 157 Å². The minimum Gasteiger partial charge on any atom is -0.504 e. The van der Waals surface area contributed by atoms with E-state index in [0.717, 1.165) is 73.2 Å². The van der Waals surface area contributed by atoms with Crippen LogP contribution >= 0.6 is 11.3 Å². The van der Waals surface area contributed by atoms with Crippen LogP contribution in [0.15, 0.2) is 78.9 Å². The van der Waals surface area contributed by atoms with E-state index < -0.39 is 152 Å². The van der Waals surface area contributed by atoms with Crippen LogP contribution in [-0.2, 0) is 39.9 Å². The zero-order chi connectivity index (χ0) is 65.9. The van der Waals surface area contributed by atoms with Crippen LogP contribution in [0, 0.1) is 5.92 Å². The van der Waals surface area contributed by atoms with Crippen LogP contribution in [0.25, 0.3) is 21.1 Å². The van der Waals surface area contributed by atoms with Crippen molar-refractivity contribution in [2.75, 3.05) is 57.3 Å². The molecule has 0 radical (unpaired) electrons. The Morgan fingerprint density at radius 3 is 2.08 bits per heavy atom. The maximum absolute atomic E-state index is 14.7. The molecule has 16 N–H and O–H groups in total. The number of aromatic nitrogens is 2. The topological polar surface area (TPSA) is 427 Å². The Morgan fingerprint density at radius 2 is 1.42 bits per heavy atom. The van der Waals surface area contributed by atoms with Crippen molar-refractivity contribution in [3.63, 3.8) is 0 Å². The third kappa shape index (κ3) is 16.7. The number of β-amino-alcohol motifs (C(OH)–C–C–N with tert-alkyl or cyclic N) is 1. The number of nitrogens with two attached hydrogens (primary N) is 2. The number of hydrogen-bond acceptors (Lipinski definition) is 22. The zero-order valence-corrected chi connectivity index (χ0v) is 52.1. The molecule has 0 saturated carbocycles. The van der Waals surface area contributed by atoms with Crippen LogP contribution in [-0.4, -0.2) is 235 Å². The number of benzene rings is 3. The standard InChI is InChI=1S/C63H84N12O16S/c1-33-31-75-53(54(33)82)59(87)66-30-40(77)28-44(67-55(83)36-9-11-37(12-10-36)60-71-72-61(92-60)38-13-15-39(16-14-38)73-23-19-43(20-24-73)91-42-6-4-3-5-7-42)56(84)68-50(34(2)76)62(88)74-32-41(78)29-45(74)57(85)69-51(58(86)70-52(63(75)89)47(80)18-21-64)48(81)26-35-8-17-46(79)49(27-35)90-25-22-65/h4,6,8-17,27,33-34,40-45,47-48,50-54,76-82H,3,5,7,18-26,28-32,64-65H2,1-2H3,(H,66,87)(H,67,83)(H,68,84)(H,69,85)(H,70,86)/t33-,34+,40+,41+,42?,44-,45-,47+,48+,50-,51-,52-,53-,54-/m0/s1. The molecule has 1 aliphatic carbocycles. The summed E-state index contributed by atoms with van der Waals surface area (Å²) in [5.41, 5.74) is 14.3. The van der Waals surface area contributed by atoms with E-state index in [1.54, 1.807) is 12.1 Å². The van der Waals surface area contributed by atoms with Gasteiger partial charge in [-0.05, 0) is 106 Å². The lowest BCUT2D eigenvalue weighted by Crippen LogP contribution is -2.64. The first-order valence-corrected chi connectivity index (χ1v) is 32.1. The van der Waals surface area contributed by atoms with Crippen molar-refractivity contribution in [3.05, 3.63) is 90.0 Å². The van der Waals surface area contributed by atoms with Crippen molar-refractivity contribution < 1.29 is 78.8 Å². The highest BCUT2D eigenvalue weighted by Crippen LogP contribution is 2.34. The lowest BCUT2D eigenvalue weighted by atomic mass is 9.98. The molecule has 14 atom stereocenters. The summed E-state index contributed by atoms with van der Waals surface area (Å²) in [6.45, 7) is 2.85. The highest BCUT2D eigenvalue weighted by atomic mass is 32.1. The molecule has 4 saturated heterocycles. The average molecular weight is 1300 g/mol. The Bertz CT molecular complexity index is 3260. The fourth-order valence-electron chi connectivity index (χ4n) is 12.3. The highest BCUT2D eigenvalue weighted by molar-refractivity contribution is 7.17. The van der Waals surface area contributed by atoms with Crippen molar-refractivity contribution >= 4 is 58.4 Å². The molecule has 29 heteroatoms. The molecular formula is C63H84N12O16S. The quantitative estimate of drug-likeness (QED) is 0.0524. The van der Waals surface area contributed by atoms with Gasteiger partial charge in [-0.3, -0.25) is 33.6 Å². The van der Waals surface area contributed by atoms with E-state index in [2.05, 4.69) is 66.0 Å². The Kier molecular flexibility index (Phi) is 23.3. The SMILES string of the molecule is C[C@@H](O)[C@@H]1NC(=O)[C@@H](NC(=O)c2ccc(-c3nnc(-c4ccc(N5CCC(OC6C=CCCC6)CC5)cc4)s3)cc2)C[C@@H](O)CNC(=O)[C@@H]2[C@@H](O)[C@@H](C)CN2C(=O)[C@H]([C@H](O)CCN)NC(=O)[C@H]([C@H](O)Cc2ccc(O)c(OCCN)c2)NC(=O)[C@@H]2C[C@@H](O)CN2C1=O. The number of fused-ring (bicyclic) bond motifs is 2. The van der Waals surface area contributed by atoms with E-state index in [0.29, 0.717) is 15.6 Å². The normalized spacial score (nSPS) is 27.6.